The van der Waals surface area contributed by atoms with Gasteiger partial charge in [-0.25, -0.2) is 4.99 Å². The number of nitrogens with one attached hydrogen (secondary N) is 2. The number of hydrogen-bond donors (Lipinski definition) is 2. The SMILES string of the molecule is O=C(COc1ccc(/C=C2\SC(=Nc3ccccc3)NC2=O)cc1Br)Nc1ccc(Cl)cc1. The van der Waals surface area contributed by atoms with E-state index in [9.17, 15) is 9.59 Å². The molecular formula is C24H17BrClN3O3S. The molecular weight excluding hydrogens is 526 g/mol. The number of thioether (sulfide) groups is 1. The van der Waals surface area contributed by atoms with Crippen molar-refractivity contribution < 1.29 is 14.3 Å². The van der Waals surface area contributed by atoms with Gasteiger partial charge in [-0.2, -0.15) is 0 Å². The van der Waals surface area contributed by atoms with Crippen LogP contribution in [0, 0.1) is 0 Å². The molecule has 1 saturated heterocycles. The fraction of sp³-hybridized carbons (Fsp3) is 0.0417. The minimum Gasteiger partial charge on any atom is -0.483 e. The number of amides is 2. The monoisotopic (exact) mass is 541 g/mol. The summed E-state index contributed by atoms with van der Waals surface area (Å²) in [6.45, 7) is -0.154. The molecule has 2 amide bonds. The van der Waals surface area contributed by atoms with Crippen LogP contribution in [0.3, 0.4) is 0 Å². The van der Waals surface area contributed by atoms with Gasteiger partial charge < -0.3 is 15.4 Å². The predicted molar refractivity (Wildman–Crippen MR) is 137 cm³/mol. The Bertz CT molecular complexity index is 1250. The smallest absolute Gasteiger partial charge is 0.264 e. The zero-order chi connectivity index (χ0) is 23.2. The highest BCUT2D eigenvalue weighted by Crippen LogP contribution is 2.31. The van der Waals surface area contributed by atoms with Gasteiger partial charge in [-0.3, -0.25) is 9.59 Å². The molecule has 6 nitrogen and oxygen atoms in total. The maximum atomic E-state index is 12.3. The highest BCUT2D eigenvalue weighted by Gasteiger charge is 2.23. The van der Waals surface area contributed by atoms with Gasteiger partial charge in [0.25, 0.3) is 11.8 Å². The maximum absolute atomic E-state index is 12.3. The van der Waals surface area contributed by atoms with E-state index in [2.05, 4.69) is 31.6 Å². The Morgan fingerprint density at radius 2 is 1.88 bits per heavy atom. The van der Waals surface area contributed by atoms with Crippen molar-refractivity contribution in [2.45, 2.75) is 0 Å². The number of carbonyl (C=O) groups excluding carboxylic acids is 2. The molecule has 0 bridgehead atoms. The van der Waals surface area contributed by atoms with Crippen molar-refractivity contribution in [1.29, 1.82) is 0 Å². The van der Waals surface area contributed by atoms with E-state index < -0.39 is 0 Å². The number of amidine groups is 1. The third kappa shape index (κ3) is 6.47. The summed E-state index contributed by atoms with van der Waals surface area (Å²) in [4.78, 5) is 29.4. The van der Waals surface area contributed by atoms with Gasteiger partial charge in [-0.1, -0.05) is 35.9 Å². The molecule has 2 N–H and O–H groups in total. The summed E-state index contributed by atoms with van der Waals surface area (Å²) in [6.07, 6.45) is 1.77. The van der Waals surface area contributed by atoms with Crippen LogP contribution in [-0.4, -0.2) is 23.6 Å². The van der Waals surface area contributed by atoms with E-state index in [-0.39, 0.29) is 18.4 Å². The topological polar surface area (TPSA) is 79.8 Å². The zero-order valence-corrected chi connectivity index (χ0v) is 20.2. The van der Waals surface area contributed by atoms with Crippen LogP contribution >= 0.6 is 39.3 Å². The standard InChI is InChI=1S/C24H17BrClN3O3S/c25-19-12-15(13-21-23(31)29-24(33-21)28-17-4-2-1-3-5-17)6-11-20(19)32-14-22(30)27-18-9-7-16(26)8-10-18/h1-13H,14H2,(H,27,30)(H,28,29,31)/b21-13-. The first-order valence-electron chi connectivity index (χ1n) is 9.79. The average molecular weight is 543 g/mol. The van der Waals surface area contributed by atoms with Crippen LogP contribution in [-0.2, 0) is 9.59 Å². The second-order valence-electron chi connectivity index (χ2n) is 6.85. The number of hydrogen-bond acceptors (Lipinski definition) is 5. The van der Waals surface area contributed by atoms with Gasteiger partial charge in [0.2, 0.25) is 0 Å². The maximum Gasteiger partial charge on any atom is 0.264 e. The van der Waals surface area contributed by atoms with Crippen LogP contribution in [0.1, 0.15) is 5.56 Å². The Hall–Kier alpha value is -3.07. The Morgan fingerprint density at radius 1 is 1.12 bits per heavy atom. The molecule has 1 fully saturated rings. The normalized spacial score (nSPS) is 15.5. The molecule has 3 aromatic rings. The molecule has 1 aliphatic rings. The number of benzene rings is 3. The van der Waals surface area contributed by atoms with Gasteiger partial charge >= 0.3 is 0 Å². The number of halogens is 2. The van der Waals surface area contributed by atoms with E-state index in [1.165, 1.54) is 11.8 Å². The van der Waals surface area contributed by atoms with E-state index in [0.29, 0.717) is 31.0 Å². The van der Waals surface area contributed by atoms with Gasteiger partial charge in [0.15, 0.2) is 11.8 Å². The molecule has 0 aromatic heterocycles. The second kappa shape index (κ2) is 10.7. The average Bonchev–Trinajstić information content (AvgIpc) is 3.14. The van der Waals surface area contributed by atoms with Gasteiger partial charge in [0.05, 0.1) is 15.1 Å². The highest BCUT2D eigenvalue weighted by molar-refractivity contribution is 9.10. The lowest BCUT2D eigenvalue weighted by Gasteiger charge is -2.09. The number of para-hydroxylation sites is 1. The minimum atomic E-state index is -0.292. The second-order valence-corrected chi connectivity index (χ2v) is 9.17. The summed E-state index contributed by atoms with van der Waals surface area (Å²) in [5.74, 6) is 0.0166. The molecule has 3 aromatic carbocycles. The first kappa shape index (κ1) is 23.1. The van der Waals surface area contributed by atoms with Crippen LogP contribution < -0.4 is 15.4 Å². The largest absolute Gasteiger partial charge is 0.483 e. The summed E-state index contributed by atoms with van der Waals surface area (Å²) in [5, 5.41) is 6.64. The molecule has 33 heavy (non-hydrogen) atoms. The Balaban J connectivity index is 1.37. The number of aliphatic imine (C=N–C) groups is 1. The van der Waals surface area contributed by atoms with Crippen LogP contribution in [0.2, 0.25) is 5.02 Å². The quantitative estimate of drug-likeness (QED) is 0.374. The van der Waals surface area contributed by atoms with E-state index in [1.807, 2.05) is 42.5 Å². The number of carbonyl (C=O) groups is 2. The van der Waals surface area contributed by atoms with Gasteiger partial charge in [-0.05, 0) is 87.9 Å². The Morgan fingerprint density at radius 3 is 2.61 bits per heavy atom. The third-order valence-electron chi connectivity index (χ3n) is 4.38. The number of ether oxygens (including phenoxy) is 1. The summed E-state index contributed by atoms with van der Waals surface area (Å²) in [7, 11) is 0. The van der Waals surface area contributed by atoms with Crippen LogP contribution in [0.4, 0.5) is 11.4 Å². The fourth-order valence-electron chi connectivity index (χ4n) is 2.85. The molecule has 0 unspecified atom stereocenters. The summed E-state index contributed by atoms with van der Waals surface area (Å²) in [5.41, 5.74) is 2.21. The number of nitrogens with zero attached hydrogens (tertiary/aromatic N) is 1. The Labute approximate surface area is 208 Å². The van der Waals surface area contributed by atoms with Crippen LogP contribution in [0.5, 0.6) is 5.75 Å². The molecule has 9 heteroatoms. The molecule has 166 valence electrons. The lowest BCUT2D eigenvalue weighted by molar-refractivity contribution is -0.118. The van der Waals surface area contributed by atoms with Gasteiger partial charge in [-0.15, -0.1) is 0 Å². The van der Waals surface area contributed by atoms with Crippen LogP contribution in [0.25, 0.3) is 6.08 Å². The number of anilines is 1. The van der Waals surface area contributed by atoms with Crippen molar-refractivity contribution in [1.82, 2.24) is 5.32 Å². The molecule has 0 atom stereocenters. The molecule has 4 rings (SSSR count). The van der Waals surface area contributed by atoms with Crippen molar-refractivity contribution >= 4 is 73.7 Å². The molecule has 0 spiro atoms. The fourth-order valence-corrected chi connectivity index (χ4v) is 4.33. The van der Waals surface area contributed by atoms with Crippen molar-refractivity contribution in [3.8, 4) is 5.75 Å². The van der Waals surface area contributed by atoms with E-state index >= 15 is 0 Å². The highest BCUT2D eigenvalue weighted by atomic mass is 79.9. The zero-order valence-electron chi connectivity index (χ0n) is 17.0. The minimum absolute atomic E-state index is 0.154. The molecule has 1 aliphatic heterocycles. The van der Waals surface area contributed by atoms with Crippen LogP contribution in [0.15, 0.2) is 87.2 Å². The van der Waals surface area contributed by atoms with Crippen molar-refractivity contribution in [3.05, 3.63) is 92.8 Å². The molecule has 0 radical (unpaired) electrons. The summed E-state index contributed by atoms with van der Waals surface area (Å²) < 4.78 is 6.28. The lowest BCUT2D eigenvalue weighted by atomic mass is 10.2. The molecule has 1 heterocycles. The first-order valence-corrected chi connectivity index (χ1v) is 11.8. The third-order valence-corrected chi connectivity index (χ3v) is 6.16. The summed E-state index contributed by atoms with van der Waals surface area (Å²) >= 11 is 10.6. The van der Waals surface area contributed by atoms with E-state index in [0.717, 1.165) is 11.3 Å². The summed E-state index contributed by atoms with van der Waals surface area (Å²) in [6, 6.07) is 21.6. The number of rotatable bonds is 6. The van der Waals surface area contributed by atoms with E-state index in [1.54, 1.807) is 36.4 Å². The molecule has 0 saturated carbocycles. The molecule has 0 aliphatic carbocycles. The van der Waals surface area contributed by atoms with Crippen molar-refractivity contribution in [2.24, 2.45) is 4.99 Å². The lowest BCUT2D eigenvalue weighted by Crippen LogP contribution is -2.20. The first-order chi connectivity index (χ1) is 16.0. The predicted octanol–water partition coefficient (Wildman–Crippen LogP) is 6.01. The van der Waals surface area contributed by atoms with Gasteiger partial charge in [0.1, 0.15) is 5.75 Å². The van der Waals surface area contributed by atoms with Gasteiger partial charge in [0, 0.05) is 10.7 Å². The van der Waals surface area contributed by atoms with E-state index in [4.69, 9.17) is 16.3 Å². The van der Waals surface area contributed by atoms with Crippen molar-refractivity contribution in [3.63, 3.8) is 0 Å². The van der Waals surface area contributed by atoms with Crippen molar-refractivity contribution in [2.75, 3.05) is 11.9 Å². The Kier molecular flexibility index (Phi) is 7.49.